The summed E-state index contributed by atoms with van der Waals surface area (Å²) in [4.78, 5) is 19.7. The van der Waals surface area contributed by atoms with Gasteiger partial charge in [-0.25, -0.2) is 4.79 Å². The molecule has 3 aromatic rings. The highest BCUT2D eigenvalue weighted by Gasteiger charge is 2.08. The van der Waals surface area contributed by atoms with Crippen LogP contribution in [-0.4, -0.2) is 16.2 Å². The van der Waals surface area contributed by atoms with Gasteiger partial charge >= 0.3 is 5.69 Å². The van der Waals surface area contributed by atoms with E-state index in [1.165, 1.54) is 0 Å². The summed E-state index contributed by atoms with van der Waals surface area (Å²) in [7, 11) is 0. The van der Waals surface area contributed by atoms with E-state index in [2.05, 4.69) is 16.0 Å². The Morgan fingerprint density at radius 2 is 1.89 bits per heavy atom. The highest BCUT2D eigenvalue weighted by molar-refractivity contribution is 7.98. The molecule has 0 fully saturated rings. The van der Waals surface area contributed by atoms with E-state index >= 15 is 0 Å². The molecule has 0 aliphatic carbocycles. The van der Waals surface area contributed by atoms with Gasteiger partial charge in [0.2, 0.25) is 0 Å². The summed E-state index contributed by atoms with van der Waals surface area (Å²) in [6.07, 6.45) is 2.03. The van der Waals surface area contributed by atoms with E-state index in [-0.39, 0.29) is 5.69 Å². The predicted molar refractivity (Wildman–Crippen MR) is 79.6 cm³/mol. The van der Waals surface area contributed by atoms with Crippen molar-refractivity contribution in [3.05, 3.63) is 59.0 Å². The second-order valence-electron chi connectivity index (χ2n) is 4.17. The average Bonchev–Trinajstić information content (AvgIpc) is 2.47. The van der Waals surface area contributed by atoms with Crippen LogP contribution in [0, 0.1) is 0 Å². The normalized spacial score (nSPS) is 10.8. The first-order valence-corrected chi connectivity index (χ1v) is 7.14. The second kappa shape index (κ2) is 4.90. The van der Waals surface area contributed by atoms with Crippen molar-refractivity contribution in [2.45, 2.75) is 4.90 Å². The van der Waals surface area contributed by atoms with Gasteiger partial charge in [-0.05, 0) is 24.5 Å². The topological polar surface area (TPSA) is 45.8 Å². The molecule has 19 heavy (non-hydrogen) atoms. The molecule has 1 aromatic heterocycles. The summed E-state index contributed by atoms with van der Waals surface area (Å²) in [5.41, 5.74) is 2.19. The maximum absolute atomic E-state index is 11.7. The van der Waals surface area contributed by atoms with Crippen LogP contribution in [0.3, 0.4) is 0 Å². The van der Waals surface area contributed by atoms with Crippen LogP contribution in [0.1, 0.15) is 0 Å². The van der Waals surface area contributed by atoms with Gasteiger partial charge in [0.05, 0.1) is 11.2 Å². The lowest BCUT2D eigenvalue weighted by molar-refractivity contribution is 1.12. The van der Waals surface area contributed by atoms with E-state index in [0.29, 0.717) is 0 Å². The molecule has 1 heterocycles. The zero-order valence-corrected chi connectivity index (χ0v) is 11.2. The lowest BCUT2D eigenvalue weighted by atomic mass is 10.1. The highest BCUT2D eigenvalue weighted by Crippen LogP contribution is 2.27. The molecule has 0 aliphatic rings. The monoisotopic (exact) mass is 268 g/mol. The van der Waals surface area contributed by atoms with Crippen LogP contribution in [0.5, 0.6) is 0 Å². The van der Waals surface area contributed by atoms with Gasteiger partial charge in [-0.2, -0.15) is 4.98 Å². The molecule has 94 valence electrons. The molecular weight excluding hydrogens is 256 g/mol. The van der Waals surface area contributed by atoms with Crippen LogP contribution >= 0.6 is 11.8 Å². The summed E-state index contributed by atoms with van der Waals surface area (Å²) in [6, 6.07) is 15.8. The van der Waals surface area contributed by atoms with Crippen LogP contribution in [0.2, 0.25) is 0 Å². The largest absolute Gasteiger partial charge is 0.345 e. The SMILES string of the molecule is CSc1ccc2[nH]c(=O)nc(-c3ccccc3)c2c1. The molecule has 1 N–H and O–H groups in total. The molecule has 0 spiro atoms. The summed E-state index contributed by atoms with van der Waals surface area (Å²) in [6.45, 7) is 0. The van der Waals surface area contributed by atoms with Crippen LogP contribution < -0.4 is 5.69 Å². The van der Waals surface area contributed by atoms with E-state index in [1.54, 1.807) is 11.8 Å². The van der Waals surface area contributed by atoms with Crippen LogP contribution in [-0.2, 0) is 0 Å². The third-order valence-corrected chi connectivity index (χ3v) is 3.71. The maximum atomic E-state index is 11.7. The molecule has 0 saturated carbocycles. The van der Waals surface area contributed by atoms with E-state index in [0.717, 1.165) is 27.1 Å². The Morgan fingerprint density at radius 1 is 1.11 bits per heavy atom. The molecule has 0 radical (unpaired) electrons. The fourth-order valence-electron chi connectivity index (χ4n) is 2.08. The average molecular weight is 268 g/mol. The predicted octanol–water partition coefficient (Wildman–Crippen LogP) is 3.31. The van der Waals surface area contributed by atoms with Gasteiger partial charge in [0.25, 0.3) is 0 Å². The van der Waals surface area contributed by atoms with Crippen molar-refractivity contribution in [3.8, 4) is 11.3 Å². The number of nitrogens with one attached hydrogen (secondary N) is 1. The number of benzene rings is 2. The Kier molecular flexibility index (Phi) is 3.09. The van der Waals surface area contributed by atoms with Gasteiger partial charge in [-0.3, -0.25) is 0 Å². The van der Waals surface area contributed by atoms with Gasteiger partial charge in [0, 0.05) is 15.8 Å². The third kappa shape index (κ3) is 2.27. The molecular formula is C15H12N2OS. The number of H-pyrrole nitrogens is 1. The second-order valence-corrected chi connectivity index (χ2v) is 5.05. The minimum atomic E-state index is -0.316. The molecule has 0 unspecified atom stereocenters. The summed E-state index contributed by atoms with van der Waals surface area (Å²) in [5, 5.41) is 0.970. The van der Waals surface area contributed by atoms with Gasteiger partial charge in [0.15, 0.2) is 0 Å². The summed E-state index contributed by atoms with van der Waals surface area (Å²) >= 11 is 1.67. The molecule has 2 aromatic carbocycles. The van der Waals surface area contributed by atoms with Crippen molar-refractivity contribution < 1.29 is 0 Å². The number of hydrogen-bond acceptors (Lipinski definition) is 3. The summed E-state index contributed by atoms with van der Waals surface area (Å²) in [5.74, 6) is 0. The lowest BCUT2D eigenvalue weighted by Gasteiger charge is -2.06. The van der Waals surface area contributed by atoms with Gasteiger partial charge in [0.1, 0.15) is 0 Å². The van der Waals surface area contributed by atoms with Crippen molar-refractivity contribution in [2.24, 2.45) is 0 Å². The molecule has 0 aliphatic heterocycles. The van der Waals surface area contributed by atoms with E-state index in [1.807, 2.05) is 48.7 Å². The van der Waals surface area contributed by atoms with Gasteiger partial charge in [-0.15, -0.1) is 11.8 Å². The minimum absolute atomic E-state index is 0.316. The van der Waals surface area contributed by atoms with Crippen LogP contribution in [0.25, 0.3) is 22.2 Å². The summed E-state index contributed by atoms with van der Waals surface area (Å²) < 4.78 is 0. The molecule has 4 heteroatoms. The minimum Gasteiger partial charge on any atom is -0.305 e. The third-order valence-electron chi connectivity index (χ3n) is 2.98. The molecule has 0 amide bonds. The van der Waals surface area contributed by atoms with Crippen molar-refractivity contribution in [1.82, 2.24) is 9.97 Å². The molecule has 0 atom stereocenters. The van der Waals surface area contributed by atoms with Crippen molar-refractivity contribution in [2.75, 3.05) is 6.26 Å². The van der Waals surface area contributed by atoms with Crippen molar-refractivity contribution in [3.63, 3.8) is 0 Å². The first-order valence-electron chi connectivity index (χ1n) is 5.91. The Bertz CT molecular complexity index is 781. The van der Waals surface area contributed by atoms with E-state index < -0.39 is 0 Å². The van der Waals surface area contributed by atoms with E-state index in [9.17, 15) is 4.79 Å². The number of aromatic nitrogens is 2. The molecule has 0 bridgehead atoms. The number of nitrogens with zero attached hydrogens (tertiary/aromatic N) is 1. The van der Waals surface area contributed by atoms with Crippen LogP contribution in [0.4, 0.5) is 0 Å². The fraction of sp³-hybridized carbons (Fsp3) is 0.0667. The maximum Gasteiger partial charge on any atom is 0.345 e. The Hall–Kier alpha value is -2.07. The van der Waals surface area contributed by atoms with Crippen LogP contribution in [0.15, 0.2) is 58.2 Å². The number of rotatable bonds is 2. The molecule has 3 nitrogen and oxygen atoms in total. The van der Waals surface area contributed by atoms with Gasteiger partial charge < -0.3 is 4.98 Å². The number of aromatic amines is 1. The zero-order chi connectivity index (χ0) is 13.2. The number of hydrogen-bond donors (Lipinski definition) is 1. The highest BCUT2D eigenvalue weighted by atomic mass is 32.2. The van der Waals surface area contributed by atoms with Gasteiger partial charge in [-0.1, -0.05) is 30.3 Å². The first-order chi connectivity index (χ1) is 9.28. The quantitative estimate of drug-likeness (QED) is 0.725. The van der Waals surface area contributed by atoms with Crippen molar-refractivity contribution in [1.29, 1.82) is 0 Å². The standard InChI is InChI=1S/C15H12N2OS/c1-19-11-7-8-13-12(9-11)14(17-15(18)16-13)10-5-3-2-4-6-10/h2-9H,1H3,(H,16,17,18). The Balaban J connectivity index is 2.36. The fourth-order valence-corrected chi connectivity index (χ4v) is 2.52. The molecule has 3 rings (SSSR count). The number of fused-ring (bicyclic) bond motifs is 1. The first kappa shape index (κ1) is 12.0. The van der Waals surface area contributed by atoms with Crippen molar-refractivity contribution >= 4 is 22.7 Å². The zero-order valence-electron chi connectivity index (χ0n) is 10.4. The van der Waals surface area contributed by atoms with E-state index in [4.69, 9.17) is 0 Å². The molecule has 0 saturated heterocycles. The Labute approximate surface area is 114 Å². The Morgan fingerprint density at radius 3 is 2.63 bits per heavy atom. The lowest BCUT2D eigenvalue weighted by Crippen LogP contribution is -2.11. The smallest absolute Gasteiger partial charge is 0.305 e. The number of thioether (sulfide) groups is 1.